The van der Waals surface area contributed by atoms with E-state index < -0.39 is 0 Å². The normalized spacial score (nSPS) is 15.9. The van der Waals surface area contributed by atoms with Gasteiger partial charge in [0.05, 0.1) is 17.8 Å². The second-order valence-corrected chi connectivity index (χ2v) is 6.60. The Morgan fingerprint density at radius 2 is 2.30 bits per heavy atom. The Labute approximate surface area is 129 Å². The monoisotopic (exact) mass is 308 g/mol. The van der Waals surface area contributed by atoms with Crippen molar-refractivity contribution in [2.45, 2.75) is 37.1 Å². The minimum absolute atomic E-state index is 0.674. The van der Waals surface area contributed by atoms with Crippen LogP contribution in [0.5, 0.6) is 0 Å². The Kier molecular flexibility index (Phi) is 6.51. The van der Waals surface area contributed by atoms with Gasteiger partial charge in [0.25, 0.3) is 0 Å². The first-order valence-corrected chi connectivity index (χ1v) is 8.73. The highest BCUT2D eigenvalue weighted by atomic mass is 32.2. The molecule has 20 heavy (non-hydrogen) atoms. The Hall–Kier alpha value is -0.900. The van der Waals surface area contributed by atoms with E-state index in [2.05, 4.69) is 32.8 Å². The van der Waals surface area contributed by atoms with Crippen LogP contribution in [-0.2, 0) is 0 Å². The maximum atomic E-state index is 8.49. The standard InChI is InChI=1S/C14H20N4S2/c1-18-9-6-7-12(11-18)13-14(17-20-16-13)19-10-5-3-2-4-8-15/h7H,2-6,9-11H2,1H3. The van der Waals surface area contributed by atoms with Crippen LogP contribution in [0.15, 0.2) is 11.1 Å². The van der Waals surface area contributed by atoms with Crippen LogP contribution in [0.25, 0.3) is 5.57 Å². The molecule has 1 aliphatic rings. The van der Waals surface area contributed by atoms with Crippen molar-refractivity contribution >= 4 is 29.1 Å². The van der Waals surface area contributed by atoms with Crippen molar-refractivity contribution in [2.75, 3.05) is 25.9 Å². The summed E-state index contributed by atoms with van der Waals surface area (Å²) < 4.78 is 8.91. The van der Waals surface area contributed by atoms with Crippen LogP contribution < -0.4 is 0 Å². The van der Waals surface area contributed by atoms with Crippen LogP contribution in [0.3, 0.4) is 0 Å². The molecule has 0 aliphatic carbocycles. The fraction of sp³-hybridized carbons (Fsp3) is 0.643. The Morgan fingerprint density at radius 3 is 3.10 bits per heavy atom. The molecule has 6 heteroatoms. The van der Waals surface area contributed by atoms with E-state index in [1.165, 1.54) is 17.3 Å². The lowest BCUT2D eigenvalue weighted by Crippen LogP contribution is -2.25. The summed E-state index contributed by atoms with van der Waals surface area (Å²) in [6.07, 6.45) is 7.35. The second kappa shape index (κ2) is 8.40. The Morgan fingerprint density at radius 1 is 1.40 bits per heavy atom. The van der Waals surface area contributed by atoms with Gasteiger partial charge in [0.2, 0.25) is 0 Å². The van der Waals surface area contributed by atoms with Crippen LogP contribution in [-0.4, -0.2) is 39.5 Å². The van der Waals surface area contributed by atoms with E-state index >= 15 is 0 Å². The number of nitriles is 1. The van der Waals surface area contributed by atoms with Gasteiger partial charge in [-0.25, -0.2) is 0 Å². The average molecular weight is 308 g/mol. The number of rotatable bonds is 7. The molecule has 4 nitrogen and oxygen atoms in total. The maximum Gasteiger partial charge on any atom is 0.138 e. The van der Waals surface area contributed by atoms with E-state index in [-0.39, 0.29) is 0 Å². The highest BCUT2D eigenvalue weighted by Crippen LogP contribution is 2.29. The first-order valence-electron chi connectivity index (χ1n) is 7.01. The van der Waals surface area contributed by atoms with Gasteiger partial charge in [0.15, 0.2) is 0 Å². The zero-order valence-corrected chi connectivity index (χ0v) is 13.5. The van der Waals surface area contributed by atoms with Gasteiger partial charge < -0.3 is 4.90 Å². The van der Waals surface area contributed by atoms with Gasteiger partial charge in [-0.1, -0.05) is 12.5 Å². The summed E-state index contributed by atoms with van der Waals surface area (Å²) in [6, 6.07) is 2.19. The fourth-order valence-corrected chi connectivity index (χ4v) is 3.90. The van der Waals surface area contributed by atoms with Gasteiger partial charge in [-0.05, 0) is 37.6 Å². The molecule has 0 radical (unpaired) electrons. The van der Waals surface area contributed by atoms with Crippen molar-refractivity contribution in [3.8, 4) is 6.07 Å². The molecule has 0 spiro atoms. The molecule has 0 bridgehead atoms. The van der Waals surface area contributed by atoms with Crippen LogP contribution in [0.4, 0.5) is 0 Å². The van der Waals surface area contributed by atoms with Gasteiger partial charge in [0.1, 0.15) is 10.7 Å². The predicted octanol–water partition coefficient (Wildman–Crippen LogP) is 3.43. The molecule has 1 aliphatic heterocycles. The lowest BCUT2D eigenvalue weighted by molar-refractivity contribution is 0.372. The Balaban J connectivity index is 1.83. The highest BCUT2D eigenvalue weighted by molar-refractivity contribution is 7.99. The van der Waals surface area contributed by atoms with Crippen molar-refractivity contribution in [2.24, 2.45) is 0 Å². The molecule has 0 saturated heterocycles. The predicted molar refractivity (Wildman–Crippen MR) is 84.8 cm³/mol. The fourth-order valence-electron chi connectivity index (χ4n) is 2.19. The summed E-state index contributed by atoms with van der Waals surface area (Å²) in [4.78, 5) is 2.32. The van der Waals surface area contributed by atoms with Crippen LogP contribution in [0.1, 0.15) is 37.8 Å². The van der Waals surface area contributed by atoms with E-state index in [0.717, 1.165) is 55.2 Å². The van der Waals surface area contributed by atoms with E-state index in [1.54, 1.807) is 11.8 Å². The lowest BCUT2D eigenvalue weighted by atomic mass is 10.1. The molecule has 0 aromatic carbocycles. The van der Waals surface area contributed by atoms with Crippen molar-refractivity contribution in [3.05, 3.63) is 11.8 Å². The molecule has 2 rings (SSSR count). The summed E-state index contributed by atoms with van der Waals surface area (Å²) in [5, 5.41) is 9.57. The molecule has 1 aromatic rings. The smallest absolute Gasteiger partial charge is 0.138 e. The molecule has 1 aromatic heterocycles. The first-order chi connectivity index (χ1) is 9.81. The third kappa shape index (κ3) is 4.58. The minimum Gasteiger partial charge on any atom is -0.302 e. The largest absolute Gasteiger partial charge is 0.302 e. The third-order valence-corrected chi connectivity index (χ3v) is 4.97. The summed E-state index contributed by atoms with van der Waals surface area (Å²) >= 11 is 3.11. The van der Waals surface area contributed by atoms with Gasteiger partial charge >= 0.3 is 0 Å². The van der Waals surface area contributed by atoms with E-state index in [0.29, 0.717) is 6.42 Å². The molecule has 0 atom stereocenters. The van der Waals surface area contributed by atoms with E-state index in [9.17, 15) is 0 Å². The van der Waals surface area contributed by atoms with Crippen molar-refractivity contribution < 1.29 is 0 Å². The van der Waals surface area contributed by atoms with Crippen molar-refractivity contribution in [3.63, 3.8) is 0 Å². The number of thioether (sulfide) groups is 1. The van der Waals surface area contributed by atoms with Gasteiger partial charge in [-0.2, -0.15) is 14.0 Å². The zero-order chi connectivity index (χ0) is 14.2. The van der Waals surface area contributed by atoms with Gasteiger partial charge in [-0.3, -0.25) is 0 Å². The Bertz CT molecular complexity index is 490. The first kappa shape index (κ1) is 15.5. The number of nitrogens with zero attached hydrogens (tertiary/aromatic N) is 4. The zero-order valence-electron chi connectivity index (χ0n) is 11.8. The average Bonchev–Trinajstić information content (AvgIpc) is 2.91. The van der Waals surface area contributed by atoms with Gasteiger partial charge in [-0.15, -0.1) is 11.8 Å². The molecule has 108 valence electrons. The molecular formula is C14H20N4S2. The summed E-state index contributed by atoms with van der Waals surface area (Å²) in [5.74, 6) is 1.06. The van der Waals surface area contributed by atoms with E-state index in [1.807, 2.05) is 0 Å². The summed E-state index contributed by atoms with van der Waals surface area (Å²) in [6.45, 7) is 2.10. The minimum atomic E-state index is 0.674. The van der Waals surface area contributed by atoms with Gasteiger partial charge in [0, 0.05) is 19.5 Å². The second-order valence-electron chi connectivity index (χ2n) is 4.99. The lowest BCUT2D eigenvalue weighted by Gasteiger charge is -2.22. The molecule has 0 amide bonds. The molecule has 0 saturated carbocycles. The molecule has 2 heterocycles. The summed E-state index contributed by atoms with van der Waals surface area (Å²) in [5.41, 5.74) is 2.41. The third-order valence-electron chi connectivity index (χ3n) is 3.28. The number of likely N-dealkylation sites (N-methyl/N-ethyl adjacent to an activating group) is 1. The molecule has 0 unspecified atom stereocenters. The number of unbranched alkanes of at least 4 members (excludes halogenated alkanes) is 3. The maximum absolute atomic E-state index is 8.49. The number of hydrogen-bond donors (Lipinski definition) is 0. The van der Waals surface area contributed by atoms with Crippen molar-refractivity contribution in [1.82, 2.24) is 13.6 Å². The van der Waals surface area contributed by atoms with Crippen molar-refractivity contribution in [1.29, 1.82) is 5.26 Å². The number of aromatic nitrogens is 2. The van der Waals surface area contributed by atoms with Crippen LogP contribution in [0, 0.1) is 11.3 Å². The molecular weight excluding hydrogens is 288 g/mol. The SMILES string of the molecule is CN1CCC=C(c2nsnc2SCCCCCC#N)C1. The van der Waals surface area contributed by atoms with Crippen LogP contribution in [0.2, 0.25) is 0 Å². The topological polar surface area (TPSA) is 52.8 Å². The molecule has 0 N–H and O–H groups in total. The molecule has 0 fully saturated rings. The summed E-state index contributed by atoms with van der Waals surface area (Å²) in [7, 11) is 2.15. The van der Waals surface area contributed by atoms with Crippen LogP contribution >= 0.6 is 23.5 Å². The number of hydrogen-bond acceptors (Lipinski definition) is 6. The highest BCUT2D eigenvalue weighted by Gasteiger charge is 2.17. The van der Waals surface area contributed by atoms with E-state index in [4.69, 9.17) is 5.26 Å². The quantitative estimate of drug-likeness (QED) is 0.570.